The smallest absolute Gasteiger partial charge is 0.385 e. The van der Waals surface area contributed by atoms with Crippen LogP contribution in [0.1, 0.15) is 52.0 Å². The zero-order valence-corrected chi connectivity index (χ0v) is 16.2. The number of hydrogen-bond acceptors (Lipinski definition) is 4. The van der Waals surface area contributed by atoms with E-state index in [1.807, 2.05) is 0 Å². The van der Waals surface area contributed by atoms with Crippen LogP contribution in [0, 0.1) is 5.92 Å². The van der Waals surface area contributed by atoms with Crippen LogP contribution in [0.25, 0.3) is 0 Å². The van der Waals surface area contributed by atoms with Crippen molar-refractivity contribution in [2.24, 2.45) is 11.7 Å². The number of carbonyl (C=O) groups excluding carboxylic acids is 2. The molecule has 1 aliphatic heterocycles. The van der Waals surface area contributed by atoms with Crippen molar-refractivity contribution in [3.05, 3.63) is 59.2 Å². The van der Waals surface area contributed by atoms with Gasteiger partial charge in [0.15, 0.2) is 0 Å². The summed E-state index contributed by atoms with van der Waals surface area (Å²) < 4.78 is 38.3. The molecule has 0 saturated heterocycles. The molecule has 0 radical (unpaired) electrons. The first-order chi connectivity index (χ1) is 14.2. The summed E-state index contributed by atoms with van der Waals surface area (Å²) in [4.78, 5) is 26.4. The van der Waals surface area contributed by atoms with E-state index in [9.17, 15) is 22.8 Å². The fraction of sp³-hybridized carbons (Fsp3) is 0.364. The van der Waals surface area contributed by atoms with Crippen molar-refractivity contribution in [1.82, 2.24) is 0 Å². The molecule has 0 spiro atoms. The number of imide groups is 1. The fourth-order valence-electron chi connectivity index (χ4n) is 4.04. The fourth-order valence-corrected chi connectivity index (χ4v) is 4.04. The van der Waals surface area contributed by atoms with Gasteiger partial charge in [-0.15, -0.1) is 0 Å². The van der Waals surface area contributed by atoms with Gasteiger partial charge in [0.2, 0.25) is 0 Å². The number of nitrogens with one attached hydrogen (secondary N) is 1. The summed E-state index contributed by atoms with van der Waals surface area (Å²) in [7, 11) is 0. The van der Waals surface area contributed by atoms with E-state index in [0.717, 1.165) is 67.1 Å². The van der Waals surface area contributed by atoms with Crippen LogP contribution in [0.4, 0.5) is 24.5 Å². The Morgan fingerprint density at radius 3 is 2.20 bits per heavy atom. The van der Waals surface area contributed by atoms with Crippen molar-refractivity contribution in [3.63, 3.8) is 0 Å². The molecule has 0 aromatic heterocycles. The number of hydrogen-bond donors (Lipinski definition) is 2. The number of carbonyl (C=O) groups is 2. The number of alkyl halides is 3. The number of fused-ring (bicyclic) bond motifs is 1. The first kappa shape index (κ1) is 20.4. The monoisotopic (exact) mass is 417 g/mol. The molecule has 2 aromatic carbocycles. The highest BCUT2D eigenvalue weighted by molar-refractivity contribution is 6.34. The third kappa shape index (κ3) is 3.92. The van der Waals surface area contributed by atoms with Crippen LogP contribution >= 0.6 is 0 Å². The highest BCUT2D eigenvalue weighted by Gasteiger charge is 2.37. The zero-order chi connectivity index (χ0) is 21.5. The Bertz CT molecular complexity index is 965. The third-order valence-corrected chi connectivity index (χ3v) is 5.83. The molecule has 0 bridgehead atoms. The maximum absolute atomic E-state index is 12.8. The average molecular weight is 417 g/mol. The number of benzene rings is 2. The van der Waals surface area contributed by atoms with Gasteiger partial charge in [-0.1, -0.05) is 0 Å². The van der Waals surface area contributed by atoms with Gasteiger partial charge in [0, 0.05) is 18.3 Å². The Morgan fingerprint density at radius 1 is 0.933 bits per heavy atom. The average Bonchev–Trinajstić information content (AvgIpc) is 2.97. The number of halogens is 3. The second-order valence-corrected chi connectivity index (χ2v) is 7.91. The van der Waals surface area contributed by atoms with E-state index in [4.69, 9.17) is 5.73 Å². The third-order valence-electron chi connectivity index (χ3n) is 5.83. The molecule has 1 fully saturated rings. The molecule has 2 aliphatic rings. The first-order valence-corrected chi connectivity index (χ1v) is 9.93. The van der Waals surface area contributed by atoms with Crippen molar-refractivity contribution in [2.45, 2.75) is 37.9 Å². The lowest BCUT2D eigenvalue weighted by atomic mass is 9.86. The molecule has 2 amide bonds. The number of nitrogens with two attached hydrogens (primary N) is 1. The number of anilines is 2. The number of rotatable bonds is 4. The molecule has 4 rings (SSSR count). The van der Waals surface area contributed by atoms with Gasteiger partial charge in [-0.25, -0.2) is 4.90 Å². The molecule has 8 heteroatoms. The molecule has 1 aliphatic carbocycles. The first-order valence-electron chi connectivity index (χ1n) is 9.93. The van der Waals surface area contributed by atoms with Gasteiger partial charge < -0.3 is 11.1 Å². The molecule has 0 atom stereocenters. The van der Waals surface area contributed by atoms with E-state index in [1.165, 1.54) is 0 Å². The molecule has 1 heterocycles. The zero-order valence-electron chi connectivity index (χ0n) is 16.2. The van der Waals surface area contributed by atoms with Crippen molar-refractivity contribution in [2.75, 3.05) is 16.8 Å². The molecule has 5 nitrogen and oxygen atoms in total. The summed E-state index contributed by atoms with van der Waals surface area (Å²) in [5.74, 6) is -0.566. The Labute approximate surface area is 172 Å². The van der Waals surface area contributed by atoms with E-state index in [2.05, 4.69) is 5.32 Å². The van der Waals surface area contributed by atoms with E-state index in [0.29, 0.717) is 5.92 Å². The summed E-state index contributed by atoms with van der Waals surface area (Å²) in [5, 5.41) is 3.33. The second-order valence-electron chi connectivity index (χ2n) is 7.91. The minimum Gasteiger partial charge on any atom is -0.385 e. The summed E-state index contributed by atoms with van der Waals surface area (Å²) in [6, 6.07) is 9.24. The number of amides is 2. The van der Waals surface area contributed by atoms with Crippen LogP contribution in [-0.2, 0) is 6.18 Å². The Kier molecular flexibility index (Phi) is 5.27. The molecular formula is C22H22F3N3O2. The summed E-state index contributed by atoms with van der Waals surface area (Å²) in [6.45, 7) is 0.760. The minimum atomic E-state index is -4.48. The molecule has 158 valence electrons. The molecule has 0 unspecified atom stereocenters. The normalized spacial score (nSPS) is 21.7. The Morgan fingerprint density at radius 2 is 1.57 bits per heavy atom. The van der Waals surface area contributed by atoms with Gasteiger partial charge in [0.25, 0.3) is 11.8 Å². The lowest BCUT2D eigenvalue weighted by Crippen LogP contribution is -2.29. The SMILES string of the molecule is NC1CCC(CNc2ccc3c(c2)C(=O)N(c2ccc(C(F)(F)F)cc2)C3=O)CC1. The van der Waals surface area contributed by atoms with Gasteiger partial charge in [0.1, 0.15) is 0 Å². The Hall–Kier alpha value is -2.87. The standard InChI is InChI=1S/C22H22F3N3O2/c23-22(24,25)14-3-8-17(9-4-14)28-20(29)18-10-7-16(11-19(18)21(28)30)27-12-13-1-5-15(26)6-2-13/h3-4,7-11,13,15,27H,1-2,5-6,12,26H2. The topological polar surface area (TPSA) is 75.4 Å². The minimum absolute atomic E-state index is 0.113. The van der Waals surface area contributed by atoms with Crippen LogP contribution in [0.3, 0.4) is 0 Å². The van der Waals surface area contributed by atoms with Crippen molar-refractivity contribution >= 4 is 23.2 Å². The van der Waals surface area contributed by atoms with Crippen molar-refractivity contribution in [3.8, 4) is 0 Å². The Balaban J connectivity index is 1.49. The van der Waals surface area contributed by atoms with Crippen LogP contribution < -0.4 is 16.0 Å². The lowest BCUT2D eigenvalue weighted by molar-refractivity contribution is -0.137. The highest BCUT2D eigenvalue weighted by atomic mass is 19.4. The molecule has 3 N–H and O–H groups in total. The summed E-state index contributed by atoms with van der Waals surface area (Å²) in [6.07, 6.45) is -0.363. The van der Waals surface area contributed by atoms with E-state index in [-0.39, 0.29) is 22.9 Å². The van der Waals surface area contributed by atoms with E-state index < -0.39 is 23.6 Å². The van der Waals surface area contributed by atoms with Gasteiger partial charge in [-0.05, 0) is 74.1 Å². The van der Waals surface area contributed by atoms with Crippen molar-refractivity contribution < 1.29 is 22.8 Å². The predicted octanol–water partition coefficient (Wildman–Crippen LogP) is 4.44. The highest BCUT2D eigenvalue weighted by Crippen LogP contribution is 2.34. The maximum Gasteiger partial charge on any atom is 0.416 e. The van der Waals surface area contributed by atoms with Crippen LogP contribution in [-0.4, -0.2) is 24.4 Å². The molecule has 30 heavy (non-hydrogen) atoms. The number of nitrogens with zero attached hydrogens (tertiary/aromatic N) is 1. The lowest BCUT2D eigenvalue weighted by Gasteiger charge is -2.26. The van der Waals surface area contributed by atoms with Gasteiger partial charge >= 0.3 is 6.18 Å². The summed E-state index contributed by atoms with van der Waals surface area (Å²) >= 11 is 0. The van der Waals surface area contributed by atoms with E-state index in [1.54, 1.807) is 18.2 Å². The molecule has 1 saturated carbocycles. The van der Waals surface area contributed by atoms with Gasteiger partial charge in [-0.2, -0.15) is 13.2 Å². The predicted molar refractivity (Wildman–Crippen MR) is 107 cm³/mol. The second kappa shape index (κ2) is 7.75. The summed E-state index contributed by atoms with van der Waals surface area (Å²) in [5.41, 5.74) is 6.44. The largest absolute Gasteiger partial charge is 0.416 e. The van der Waals surface area contributed by atoms with Crippen LogP contribution in [0.15, 0.2) is 42.5 Å². The van der Waals surface area contributed by atoms with Crippen LogP contribution in [0.5, 0.6) is 0 Å². The molecular weight excluding hydrogens is 395 g/mol. The van der Waals surface area contributed by atoms with Crippen molar-refractivity contribution in [1.29, 1.82) is 0 Å². The quantitative estimate of drug-likeness (QED) is 0.722. The van der Waals surface area contributed by atoms with E-state index >= 15 is 0 Å². The van der Waals surface area contributed by atoms with Crippen LogP contribution in [0.2, 0.25) is 0 Å². The van der Waals surface area contributed by atoms with Gasteiger partial charge in [-0.3, -0.25) is 9.59 Å². The molecule has 2 aromatic rings. The maximum atomic E-state index is 12.8. The van der Waals surface area contributed by atoms with Gasteiger partial charge in [0.05, 0.1) is 22.4 Å².